The molecule has 1 aliphatic heterocycles. The molecule has 0 N–H and O–H groups in total. The minimum Gasteiger partial charge on any atom is -0.334 e. The highest BCUT2D eigenvalue weighted by Crippen LogP contribution is 2.60. The van der Waals surface area contributed by atoms with Gasteiger partial charge in [-0.3, -0.25) is 0 Å². The zero-order chi connectivity index (χ0) is 17.1. The van der Waals surface area contributed by atoms with Crippen LogP contribution < -0.4 is 4.90 Å². The first-order valence-corrected chi connectivity index (χ1v) is 9.41. The van der Waals surface area contributed by atoms with Crippen molar-refractivity contribution in [1.29, 1.82) is 0 Å². The summed E-state index contributed by atoms with van der Waals surface area (Å²) in [5.41, 5.74) is 7.00. The Kier molecular flexibility index (Phi) is 3.51. The van der Waals surface area contributed by atoms with Crippen molar-refractivity contribution in [2.75, 3.05) is 4.90 Å². The SMILES string of the molecule is Cc1cc(Cl)cc(N2c3ccc(C)cc3C3(C)CCCCC23C)c1. The molecule has 0 spiro atoms. The van der Waals surface area contributed by atoms with Crippen molar-refractivity contribution in [1.82, 2.24) is 0 Å². The molecule has 2 aromatic rings. The maximum atomic E-state index is 6.41. The molecule has 2 heteroatoms. The second-order valence-electron chi connectivity index (χ2n) is 8.16. The second kappa shape index (κ2) is 5.26. The number of nitrogens with zero attached hydrogens (tertiary/aromatic N) is 1. The fraction of sp³-hybridized carbons (Fsp3) is 0.455. The Morgan fingerprint density at radius 3 is 2.42 bits per heavy atom. The number of fused-ring (bicyclic) bond motifs is 3. The van der Waals surface area contributed by atoms with E-state index in [9.17, 15) is 0 Å². The Balaban J connectivity index is 1.99. The van der Waals surface area contributed by atoms with Crippen LogP contribution in [-0.2, 0) is 5.41 Å². The van der Waals surface area contributed by atoms with Gasteiger partial charge >= 0.3 is 0 Å². The standard InChI is InChI=1S/C22H26ClN/c1-15-7-8-20-19(13-15)21(3)9-5-6-10-22(21,4)24(20)18-12-16(2)11-17(23)14-18/h7-8,11-14H,5-6,9-10H2,1-4H3. The first-order chi connectivity index (χ1) is 11.3. The Morgan fingerprint density at radius 2 is 1.67 bits per heavy atom. The molecule has 0 saturated heterocycles. The van der Waals surface area contributed by atoms with Gasteiger partial charge < -0.3 is 4.90 Å². The number of rotatable bonds is 1. The summed E-state index contributed by atoms with van der Waals surface area (Å²) in [5.74, 6) is 0. The third-order valence-electron chi connectivity index (χ3n) is 6.55. The van der Waals surface area contributed by atoms with Crippen LogP contribution in [-0.4, -0.2) is 5.54 Å². The van der Waals surface area contributed by atoms with Crippen molar-refractivity contribution in [3.05, 3.63) is 58.1 Å². The lowest BCUT2D eigenvalue weighted by molar-refractivity contribution is 0.195. The molecule has 1 fully saturated rings. The molecule has 2 atom stereocenters. The van der Waals surface area contributed by atoms with Gasteiger partial charge in [-0.15, -0.1) is 0 Å². The van der Waals surface area contributed by atoms with Crippen LogP contribution in [0.5, 0.6) is 0 Å². The smallest absolute Gasteiger partial charge is 0.0517 e. The van der Waals surface area contributed by atoms with Gasteiger partial charge in [0.1, 0.15) is 0 Å². The molecule has 0 aromatic heterocycles. The summed E-state index contributed by atoms with van der Waals surface area (Å²) in [6, 6.07) is 13.4. The van der Waals surface area contributed by atoms with E-state index in [1.165, 1.54) is 53.7 Å². The van der Waals surface area contributed by atoms with E-state index in [0.717, 1.165) is 5.02 Å². The van der Waals surface area contributed by atoms with Gasteiger partial charge in [-0.25, -0.2) is 0 Å². The molecule has 0 radical (unpaired) electrons. The van der Waals surface area contributed by atoms with E-state index < -0.39 is 0 Å². The molecular formula is C22H26ClN. The highest BCUT2D eigenvalue weighted by Gasteiger charge is 2.57. The largest absolute Gasteiger partial charge is 0.334 e. The number of aryl methyl sites for hydroxylation is 2. The Morgan fingerprint density at radius 1 is 0.917 bits per heavy atom. The first kappa shape index (κ1) is 16.0. The fourth-order valence-corrected chi connectivity index (χ4v) is 5.38. The van der Waals surface area contributed by atoms with E-state index in [2.05, 4.69) is 62.9 Å². The molecule has 0 bridgehead atoms. The summed E-state index contributed by atoms with van der Waals surface area (Å²) in [5, 5.41) is 0.826. The molecule has 2 aliphatic rings. The van der Waals surface area contributed by atoms with E-state index in [0.29, 0.717) is 0 Å². The van der Waals surface area contributed by atoms with Crippen LogP contribution >= 0.6 is 11.6 Å². The topological polar surface area (TPSA) is 3.24 Å². The van der Waals surface area contributed by atoms with Crippen LogP contribution in [0.4, 0.5) is 11.4 Å². The summed E-state index contributed by atoms with van der Waals surface area (Å²) in [4.78, 5) is 2.58. The van der Waals surface area contributed by atoms with Gasteiger partial charge in [0.25, 0.3) is 0 Å². The molecule has 1 heterocycles. The summed E-state index contributed by atoms with van der Waals surface area (Å²) < 4.78 is 0. The number of hydrogen-bond acceptors (Lipinski definition) is 1. The van der Waals surface area contributed by atoms with Gasteiger partial charge in [-0.05, 0) is 69.0 Å². The Labute approximate surface area is 150 Å². The van der Waals surface area contributed by atoms with Crippen LogP contribution in [0.25, 0.3) is 0 Å². The normalized spacial score (nSPS) is 28.6. The monoisotopic (exact) mass is 339 g/mol. The minimum atomic E-state index is 0.110. The number of anilines is 2. The van der Waals surface area contributed by atoms with Crippen molar-refractivity contribution >= 4 is 23.0 Å². The Bertz CT molecular complexity index is 791. The average molecular weight is 340 g/mol. The van der Waals surface area contributed by atoms with Gasteiger partial charge in [-0.1, -0.05) is 49.1 Å². The molecule has 1 aliphatic carbocycles. The van der Waals surface area contributed by atoms with E-state index in [4.69, 9.17) is 11.6 Å². The molecule has 0 amide bonds. The summed E-state index contributed by atoms with van der Waals surface area (Å²) in [6.07, 6.45) is 5.11. The van der Waals surface area contributed by atoms with E-state index >= 15 is 0 Å². The summed E-state index contributed by atoms with van der Waals surface area (Å²) in [7, 11) is 0. The third kappa shape index (κ3) is 2.07. The molecule has 2 aromatic carbocycles. The number of halogens is 1. The third-order valence-corrected chi connectivity index (χ3v) is 6.76. The van der Waals surface area contributed by atoms with Crippen molar-refractivity contribution in [3.63, 3.8) is 0 Å². The lowest BCUT2D eigenvalue weighted by Gasteiger charge is -2.50. The van der Waals surface area contributed by atoms with Crippen molar-refractivity contribution in [2.45, 2.75) is 64.3 Å². The molecule has 2 unspecified atom stereocenters. The summed E-state index contributed by atoms with van der Waals surface area (Å²) in [6.45, 7) is 9.26. The maximum Gasteiger partial charge on any atom is 0.0517 e. The zero-order valence-electron chi connectivity index (χ0n) is 15.1. The highest BCUT2D eigenvalue weighted by molar-refractivity contribution is 6.31. The van der Waals surface area contributed by atoms with Crippen LogP contribution in [0.3, 0.4) is 0 Å². The minimum absolute atomic E-state index is 0.110. The quantitative estimate of drug-likeness (QED) is 0.558. The predicted molar refractivity (Wildman–Crippen MR) is 104 cm³/mol. The van der Waals surface area contributed by atoms with E-state index in [-0.39, 0.29) is 11.0 Å². The Hall–Kier alpha value is -1.47. The molecule has 1 nitrogen and oxygen atoms in total. The van der Waals surface area contributed by atoms with Gasteiger partial charge in [0.2, 0.25) is 0 Å². The van der Waals surface area contributed by atoms with E-state index in [1.54, 1.807) is 0 Å². The predicted octanol–water partition coefficient (Wildman–Crippen LogP) is 6.70. The fourth-order valence-electron chi connectivity index (χ4n) is 5.10. The van der Waals surface area contributed by atoms with Crippen molar-refractivity contribution in [2.24, 2.45) is 0 Å². The van der Waals surface area contributed by atoms with E-state index in [1.807, 2.05) is 6.07 Å². The van der Waals surface area contributed by atoms with Gasteiger partial charge in [0.15, 0.2) is 0 Å². The molecule has 126 valence electrons. The number of benzene rings is 2. The van der Waals surface area contributed by atoms with Gasteiger partial charge in [-0.2, -0.15) is 0 Å². The lowest BCUT2D eigenvalue weighted by atomic mass is 9.61. The average Bonchev–Trinajstić information content (AvgIpc) is 2.71. The van der Waals surface area contributed by atoms with Gasteiger partial charge in [0.05, 0.1) is 5.54 Å². The highest BCUT2D eigenvalue weighted by atomic mass is 35.5. The second-order valence-corrected chi connectivity index (χ2v) is 8.59. The molecule has 24 heavy (non-hydrogen) atoms. The molecule has 4 rings (SSSR count). The van der Waals surface area contributed by atoms with Gasteiger partial charge in [0, 0.05) is 21.8 Å². The van der Waals surface area contributed by atoms with Crippen LogP contribution in [0, 0.1) is 13.8 Å². The molecular weight excluding hydrogens is 314 g/mol. The van der Waals surface area contributed by atoms with Crippen LogP contribution in [0.15, 0.2) is 36.4 Å². The first-order valence-electron chi connectivity index (χ1n) is 9.04. The lowest BCUT2D eigenvalue weighted by Crippen LogP contribution is -2.54. The molecule has 1 saturated carbocycles. The van der Waals surface area contributed by atoms with Crippen molar-refractivity contribution in [3.8, 4) is 0 Å². The van der Waals surface area contributed by atoms with Crippen LogP contribution in [0.2, 0.25) is 5.02 Å². The van der Waals surface area contributed by atoms with Crippen LogP contribution in [0.1, 0.15) is 56.2 Å². The number of hydrogen-bond donors (Lipinski definition) is 0. The van der Waals surface area contributed by atoms with Crippen molar-refractivity contribution < 1.29 is 0 Å². The maximum absolute atomic E-state index is 6.41. The summed E-state index contributed by atoms with van der Waals surface area (Å²) >= 11 is 6.41. The zero-order valence-corrected chi connectivity index (χ0v) is 15.9.